The normalized spacial score (nSPS) is 11.0. The zero-order valence-electron chi connectivity index (χ0n) is 17.2. The summed E-state index contributed by atoms with van der Waals surface area (Å²) >= 11 is 0. The highest BCUT2D eigenvalue weighted by atomic mass is 16.2. The van der Waals surface area contributed by atoms with Crippen LogP contribution in [0.2, 0.25) is 0 Å². The predicted molar refractivity (Wildman–Crippen MR) is 115 cm³/mol. The van der Waals surface area contributed by atoms with Crippen LogP contribution in [0, 0.1) is 13.8 Å². The van der Waals surface area contributed by atoms with E-state index in [0.29, 0.717) is 23.8 Å². The fourth-order valence-electron chi connectivity index (χ4n) is 3.44. The number of benzene rings is 2. The molecule has 1 amide bonds. The molecule has 0 fully saturated rings. The lowest BCUT2D eigenvalue weighted by molar-refractivity contribution is -0.131. The quantitative estimate of drug-likeness (QED) is 0.516. The zero-order chi connectivity index (χ0) is 21.3. The molecule has 2 aromatic carbocycles. The average Bonchev–Trinajstić information content (AvgIpc) is 3.17. The van der Waals surface area contributed by atoms with Crippen LogP contribution in [-0.4, -0.2) is 37.0 Å². The second kappa shape index (κ2) is 7.94. The summed E-state index contributed by atoms with van der Waals surface area (Å²) in [7, 11) is 1.77. The van der Waals surface area contributed by atoms with Crippen molar-refractivity contribution in [3.05, 3.63) is 87.8 Å². The van der Waals surface area contributed by atoms with Crippen LogP contribution in [0.3, 0.4) is 0 Å². The molecule has 0 saturated heterocycles. The third kappa shape index (κ3) is 3.74. The highest BCUT2D eigenvalue weighted by molar-refractivity contribution is 5.76. The molecule has 2 heterocycles. The summed E-state index contributed by atoms with van der Waals surface area (Å²) < 4.78 is 3.00. The van der Waals surface area contributed by atoms with E-state index in [2.05, 4.69) is 10.1 Å². The van der Waals surface area contributed by atoms with Crippen LogP contribution < -0.4 is 5.56 Å². The van der Waals surface area contributed by atoms with Crippen molar-refractivity contribution < 1.29 is 4.79 Å². The molecule has 0 aliphatic carbocycles. The zero-order valence-corrected chi connectivity index (χ0v) is 17.2. The Morgan fingerprint density at radius 1 is 1.03 bits per heavy atom. The third-order valence-corrected chi connectivity index (χ3v) is 5.17. The highest BCUT2D eigenvalue weighted by Crippen LogP contribution is 2.20. The summed E-state index contributed by atoms with van der Waals surface area (Å²) in [6.45, 7) is 4.36. The molecule has 0 radical (unpaired) electrons. The molecular weight excluding hydrogens is 378 g/mol. The minimum absolute atomic E-state index is 0.0743. The van der Waals surface area contributed by atoms with Crippen LogP contribution in [0.5, 0.6) is 0 Å². The summed E-state index contributed by atoms with van der Waals surface area (Å²) in [5, 5.41) is 4.41. The summed E-state index contributed by atoms with van der Waals surface area (Å²) in [5.74, 6) is 0.752. The molecule has 0 aliphatic heterocycles. The van der Waals surface area contributed by atoms with Gasteiger partial charge in [-0.2, -0.15) is 9.50 Å². The number of carbonyl (C=O) groups excluding carboxylic acids is 1. The Labute approximate surface area is 174 Å². The van der Waals surface area contributed by atoms with E-state index < -0.39 is 0 Å². The number of likely N-dealkylation sites (N-methyl/N-ethyl adjacent to an activating group) is 1. The third-order valence-electron chi connectivity index (χ3n) is 5.17. The maximum Gasteiger partial charge on any atom is 0.275 e. The second-order valence-corrected chi connectivity index (χ2v) is 7.41. The van der Waals surface area contributed by atoms with E-state index in [0.717, 1.165) is 16.7 Å². The molecule has 30 heavy (non-hydrogen) atoms. The van der Waals surface area contributed by atoms with Crippen molar-refractivity contribution in [3.8, 4) is 11.4 Å². The second-order valence-electron chi connectivity index (χ2n) is 7.41. The van der Waals surface area contributed by atoms with Crippen LogP contribution in [0.25, 0.3) is 17.2 Å². The van der Waals surface area contributed by atoms with Crippen molar-refractivity contribution in [1.29, 1.82) is 0 Å². The first-order valence-electron chi connectivity index (χ1n) is 9.75. The molecular formula is C23H23N5O2. The standard InChI is InChI=1S/C23H23N5O2/c1-16-9-7-8-12-19(16)22-24-23-27(17(2)13-20(29)28(23)25-22)15-21(30)26(3)14-18-10-5-4-6-11-18/h4-13H,14-15H2,1-3H3. The molecule has 0 atom stereocenters. The summed E-state index contributed by atoms with van der Waals surface area (Å²) in [6, 6.07) is 19.0. The smallest absolute Gasteiger partial charge is 0.275 e. The van der Waals surface area contributed by atoms with Crippen molar-refractivity contribution in [2.24, 2.45) is 0 Å². The Hall–Kier alpha value is -3.74. The van der Waals surface area contributed by atoms with Gasteiger partial charge in [0.25, 0.3) is 5.56 Å². The fourth-order valence-corrected chi connectivity index (χ4v) is 3.44. The van der Waals surface area contributed by atoms with Gasteiger partial charge in [0.05, 0.1) is 0 Å². The van der Waals surface area contributed by atoms with Gasteiger partial charge < -0.3 is 9.47 Å². The van der Waals surface area contributed by atoms with E-state index in [4.69, 9.17) is 0 Å². The SMILES string of the molecule is Cc1ccccc1-c1nc2n(CC(=O)N(C)Cc3ccccc3)c(C)cc(=O)n2n1. The molecule has 0 unspecified atom stereocenters. The Bertz CT molecular complexity index is 1270. The van der Waals surface area contributed by atoms with Gasteiger partial charge in [0.2, 0.25) is 11.7 Å². The molecule has 0 aliphatic rings. The van der Waals surface area contributed by atoms with E-state index in [1.807, 2.05) is 61.5 Å². The van der Waals surface area contributed by atoms with Crippen molar-refractivity contribution in [2.45, 2.75) is 26.9 Å². The lowest BCUT2D eigenvalue weighted by Crippen LogP contribution is -2.32. The monoisotopic (exact) mass is 401 g/mol. The minimum atomic E-state index is -0.267. The summed E-state index contributed by atoms with van der Waals surface area (Å²) in [5.41, 5.74) is 3.33. The van der Waals surface area contributed by atoms with Gasteiger partial charge in [-0.15, -0.1) is 5.10 Å². The van der Waals surface area contributed by atoms with Crippen LogP contribution >= 0.6 is 0 Å². The van der Waals surface area contributed by atoms with Crippen molar-refractivity contribution in [3.63, 3.8) is 0 Å². The number of nitrogens with zero attached hydrogens (tertiary/aromatic N) is 5. The molecule has 4 aromatic rings. The highest BCUT2D eigenvalue weighted by Gasteiger charge is 2.18. The minimum Gasteiger partial charge on any atom is -0.340 e. The van der Waals surface area contributed by atoms with Gasteiger partial charge in [-0.25, -0.2) is 0 Å². The van der Waals surface area contributed by atoms with E-state index in [1.165, 1.54) is 10.6 Å². The largest absolute Gasteiger partial charge is 0.340 e. The Morgan fingerprint density at radius 3 is 2.47 bits per heavy atom. The number of aryl methyl sites for hydroxylation is 2. The number of amides is 1. The van der Waals surface area contributed by atoms with Gasteiger partial charge in [0.15, 0.2) is 5.82 Å². The fraction of sp³-hybridized carbons (Fsp3) is 0.217. The van der Waals surface area contributed by atoms with Gasteiger partial charge in [-0.05, 0) is 25.0 Å². The predicted octanol–water partition coefficient (Wildman–Crippen LogP) is 2.83. The number of rotatable bonds is 5. The summed E-state index contributed by atoms with van der Waals surface area (Å²) in [6.07, 6.45) is 0. The molecule has 0 bridgehead atoms. The topological polar surface area (TPSA) is 72.5 Å². The molecule has 4 rings (SSSR count). The number of hydrogen-bond donors (Lipinski definition) is 0. The Balaban J connectivity index is 1.69. The lowest BCUT2D eigenvalue weighted by atomic mass is 10.1. The molecule has 0 saturated carbocycles. The number of carbonyl (C=O) groups is 1. The lowest BCUT2D eigenvalue weighted by Gasteiger charge is -2.19. The van der Waals surface area contributed by atoms with E-state index in [1.54, 1.807) is 23.4 Å². The van der Waals surface area contributed by atoms with Crippen LogP contribution in [0.4, 0.5) is 0 Å². The van der Waals surface area contributed by atoms with Crippen molar-refractivity contribution in [2.75, 3.05) is 7.05 Å². The van der Waals surface area contributed by atoms with Crippen LogP contribution in [0.15, 0.2) is 65.5 Å². The average molecular weight is 401 g/mol. The Kier molecular flexibility index (Phi) is 5.18. The number of hydrogen-bond acceptors (Lipinski definition) is 4. The molecule has 0 spiro atoms. The van der Waals surface area contributed by atoms with Gasteiger partial charge in [0, 0.05) is 30.9 Å². The van der Waals surface area contributed by atoms with Crippen LogP contribution in [0.1, 0.15) is 16.8 Å². The first-order valence-corrected chi connectivity index (χ1v) is 9.75. The first-order chi connectivity index (χ1) is 14.4. The van der Waals surface area contributed by atoms with Gasteiger partial charge in [-0.3, -0.25) is 9.59 Å². The molecule has 7 nitrogen and oxygen atoms in total. The first kappa shape index (κ1) is 19.6. The number of fused-ring (bicyclic) bond motifs is 1. The van der Waals surface area contributed by atoms with E-state index in [9.17, 15) is 9.59 Å². The van der Waals surface area contributed by atoms with Gasteiger partial charge in [0.1, 0.15) is 6.54 Å². The maximum atomic E-state index is 12.9. The van der Waals surface area contributed by atoms with Gasteiger partial charge >= 0.3 is 0 Å². The van der Waals surface area contributed by atoms with E-state index in [-0.39, 0.29) is 18.0 Å². The van der Waals surface area contributed by atoms with Gasteiger partial charge in [-0.1, -0.05) is 54.6 Å². The maximum absolute atomic E-state index is 12.9. The van der Waals surface area contributed by atoms with Crippen molar-refractivity contribution in [1.82, 2.24) is 24.1 Å². The summed E-state index contributed by atoms with van der Waals surface area (Å²) in [4.78, 5) is 31.7. The molecule has 7 heteroatoms. The van der Waals surface area contributed by atoms with Crippen LogP contribution in [-0.2, 0) is 17.9 Å². The Morgan fingerprint density at radius 2 is 1.73 bits per heavy atom. The molecule has 152 valence electrons. The molecule has 2 aromatic heterocycles. The van der Waals surface area contributed by atoms with Crippen molar-refractivity contribution >= 4 is 11.7 Å². The number of aromatic nitrogens is 4. The molecule has 0 N–H and O–H groups in total. The van der Waals surface area contributed by atoms with E-state index >= 15 is 0 Å².